The summed E-state index contributed by atoms with van der Waals surface area (Å²) < 4.78 is 5.15. The fourth-order valence-electron chi connectivity index (χ4n) is 2.78. The second-order valence-corrected chi connectivity index (χ2v) is 5.89. The molecule has 2 heterocycles. The number of rotatable bonds is 5. The Morgan fingerprint density at radius 3 is 2.75 bits per heavy atom. The average molecular weight is 379 g/mol. The molecule has 1 aliphatic heterocycles. The number of barbiturate groups is 1. The first kappa shape index (κ1) is 18.8. The molecule has 0 atom stereocenters. The summed E-state index contributed by atoms with van der Waals surface area (Å²) >= 11 is 0. The van der Waals surface area contributed by atoms with Crippen molar-refractivity contribution in [2.75, 3.05) is 12.0 Å². The zero-order valence-corrected chi connectivity index (χ0v) is 15.0. The SMILES string of the molecule is C=CCc1cc(/C=C2\C(=O)NC(=O)N(c3cccnc3)C2=O)cc(OC)c1O. The zero-order chi connectivity index (χ0) is 20.3. The summed E-state index contributed by atoms with van der Waals surface area (Å²) in [4.78, 5) is 42.0. The molecule has 0 bridgehead atoms. The van der Waals surface area contributed by atoms with Gasteiger partial charge >= 0.3 is 6.03 Å². The highest BCUT2D eigenvalue weighted by atomic mass is 16.5. The third-order valence-corrected chi connectivity index (χ3v) is 4.08. The van der Waals surface area contributed by atoms with Gasteiger partial charge in [-0.15, -0.1) is 6.58 Å². The average Bonchev–Trinajstić information content (AvgIpc) is 2.68. The number of anilines is 1. The molecule has 0 saturated carbocycles. The number of hydrogen-bond donors (Lipinski definition) is 2. The monoisotopic (exact) mass is 379 g/mol. The van der Waals surface area contributed by atoms with Gasteiger partial charge in [0.15, 0.2) is 11.5 Å². The molecule has 0 spiro atoms. The second kappa shape index (κ2) is 7.75. The lowest BCUT2D eigenvalue weighted by atomic mass is 10.0. The van der Waals surface area contributed by atoms with Gasteiger partial charge in [-0.05, 0) is 42.3 Å². The lowest BCUT2D eigenvalue weighted by molar-refractivity contribution is -0.122. The lowest BCUT2D eigenvalue weighted by Gasteiger charge is -2.26. The maximum absolute atomic E-state index is 12.8. The Bertz CT molecular complexity index is 998. The van der Waals surface area contributed by atoms with Gasteiger partial charge in [-0.2, -0.15) is 0 Å². The van der Waals surface area contributed by atoms with Crippen molar-refractivity contribution in [2.24, 2.45) is 0 Å². The molecule has 1 aromatic carbocycles. The van der Waals surface area contributed by atoms with Crippen molar-refractivity contribution in [1.82, 2.24) is 10.3 Å². The summed E-state index contributed by atoms with van der Waals surface area (Å²) in [5, 5.41) is 12.3. The molecule has 142 valence electrons. The first-order valence-electron chi connectivity index (χ1n) is 8.28. The van der Waals surface area contributed by atoms with E-state index in [4.69, 9.17) is 4.74 Å². The first-order chi connectivity index (χ1) is 13.5. The quantitative estimate of drug-likeness (QED) is 0.468. The van der Waals surface area contributed by atoms with Gasteiger partial charge < -0.3 is 9.84 Å². The van der Waals surface area contributed by atoms with Crippen LogP contribution in [0.2, 0.25) is 0 Å². The van der Waals surface area contributed by atoms with E-state index in [1.807, 2.05) is 0 Å². The molecule has 28 heavy (non-hydrogen) atoms. The van der Waals surface area contributed by atoms with Gasteiger partial charge in [-0.1, -0.05) is 6.08 Å². The van der Waals surface area contributed by atoms with E-state index >= 15 is 0 Å². The molecule has 0 unspecified atom stereocenters. The molecule has 8 nitrogen and oxygen atoms in total. The Morgan fingerprint density at radius 1 is 1.32 bits per heavy atom. The van der Waals surface area contributed by atoms with Gasteiger partial charge in [0, 0.05) is 11.8 Å². The predicted molar refractivity (Wildman–Crippen MR) is 102 cm³/mol. The summed E-state index contributed by atoms with van der Waals surface area (Å²) in [6.07, 6.45) is 6.15. The van der Waals surface area contributed by atoms with Crippen molar-refractivity contribution in [1.29, 1.82) is 0 Å². The van der Waals surface area contributed by atoms with Crippen molar-refractivity contribution < 1.29 is 24.2 Å². The number of imide groups is 2. The minimum Gasteiger partial charge on any atom is -0.504 e. The number of urea groups is 1. The van der Waals surface area contributed by atoms with E-state index < -0.39 is 17.8 Å². The number of ether oxygens (including phenoxy) is 1. The molecular formula is C20H17N3O5. The standard InChI is InChI=1S/C20H17N3O5/c1-3-5-13-8-12(10-16(28-2)17(13)24)9-15-18(25)22-20(27)23(19(15)26)14-6-4-7-21-11-14/h3-4,6-11,24H,1,5H2,2H3,(H,22,25,27)/b15-9+. The maximum Gasteiger partial charge on any atom is 0.336 e. The Balaban J connectivity index is 2.06. The number of phenols is 1. The van der Waals surface area contributed by atoms with E-state index in [0.717, 1.165) is 4.90 Å². The highest BCUT2D eigenvalue weighted by molar-refractivity contribution is 6.39. The second-order valence-electron chi connectivity index (χ2n) is 5.89. The topological polar surface area (TPSA) is 109 Å². The van der Waals surface area contributed by atoms with Crippen LogP contribution in [-0.2, 0) is 16.0 Å². The normalized spacial score (nSPS) is 15.5. The Labute approximate surface area is 160 Å². The molecule has 1 fully saturated rings. The minimum atomic E-state index is -0.851. The van der Waals surface area contributed by atoms with E-state index in [0.29, 0.717) is 17.5 Å². The van der Waals surface area contributed by atoms with Crippen molar-refractivity contribution in [3.05, 3.63) is 66.0 Å². The van der Waals surface area contributed by atoms with Crippen molar-refractivity contribution in [2.45, 2.75) is 6.42 Å². The summed E-state index contributed by atoms with van der Waals surface area (Å²) in [6, 6.07) is 5.35. The minimum absolute atomic E-state index is 0.0452. The number of aromatic hydroxyl groups is 1. The van der Waals surface area contributed by atoms with Crippen LogP contribution in [0.25, 0.3) is 6.08 Å². The molecule has 0 radical (unpaired) electrons. The number of carbonyl (C=O) groups is 3. The number of allylic oxidation sites excluding steroid dienone is 1. The molecule has 1 saturated heterocycles. The van der Waals surface area contributed by atoms with Crippen LogP contribution in [0, 0.1) is 0 Å². The number of aromatic nitrogens is 1. The third-order valence-electron chi connectivity index (χ3n) is 4.08. The van der Waals surface area contributed by atoms with Crippen molar-refractivity contribution in [3.63, 3.8) is 0 Å². The van der Waals surface area contributed by atoms with Crippen LogP contribution in [0.1, 0.15) is 11.1 Å². The molecule has 1 aromatic heterocycles. The smallest absolute Gasteiger partial charge is 0.336 e. The van der Waals surface area contributed by atoms with Crippen molar-refractivity contribution in [3.8, 4) is 11.5 Å². The van der Waals surface area contributed by atoms with Crippen LogP contribution in [0.15, 0.2) is 54.9 Å². The van der Waals surface area contributed by atoms with Crippen molar-refractivity contribution >= 4 is 29.6 Å². The van der Waals surface area contributed by atoms with Crippen LogP contribution in [0.4, 0.5) is 10.5 Å². The Kier molecular flexibility index (Phi) is 5.21. The number of hydrogen-bond acceptors (Lipinski definition) is 6. The van der Waals surface area contributed by atoms with E-state index in [2.05, 4.69) is 16.9 Å². The first-order valence-corrected chi connectivity index (χ1v) is 8.28. The van der Waals surface area contributed by atoms with E-state index in [1.54, 1.807) is 18.2 Å². The molecule has 3 rings (SSSR count). The summed E-state index contributed by atoms with van der Waals surface area (Å²) in [5.41, 5.74) is 0.968. The number of carbonyl (C=O) groups excluding carboxylic acids is 3. The van der Waals surface area contributed by atoms with E-state index in [9.17, 15) is 19.5 Å². The largest absolute Gasteiger partial charge is 0.504 e. The van der Waals surface area contributed by atoms with Gasteiger partial charge in [0.05, 0.1) is 19.0 Å². The van der Waals surface area contributed by atoms with Crippen LogP contribution in [-0.4, -0.2) is 35.0 Å². The summed E-state index contributed by atoms with van der Waals surface area (Å²) in [7, 11) is 1.39. The number of nitrogens with zero attached hydrogens (tertiary/aromatic N) is 2. The fraction of sp³-hybridized carbons (Fsp3) is 0.100. The molecule has 0 aliphatic carbocycles. The van der Waals surface area contributed by atoms with Crippen LogP contribution < -0.4 is 15.0 Å². The predicted octanol–water partition coefficient (Wildman–Crippen LogP) is 2.19. The number of pyridine rings is 1. The Morgan fingerprint density at radius 2 is 2.11 bits per heavy atom. The number of amides is 4. The third kappa shape index (κ3) is 3.48. The van der Waals surface area contributed by atoms with Crippen LogP contribution >= 0.6 is 0 Å². The molecule has 1 aliphatic rings. The van der Waals surface area contributed by atoms with Gasteiger partial charge in [0.25, 0.3) is 11.8 Å². The lowest BCUT2D eigenvalue weighted by Crippen LogP contribution is -2.54. The number of phenolic OH excluding ortho intramolecular Hbond substituents is 1. The van der Waals surface area contributed by atoms with Gasteiger partial charge in [-0.25, -0.2) is 9.69 Å². The summed E-state index contributed by atoms with van der Waals surface area (Å²) in [6.45, 7) is 3.64. The van der Waals surface area contributed by atoms with E-state index in [1.165, 1.54) is 37.7 Å². The fourth-order valence-corrected chi connectivity index (χ4v) is 2.78. The van der Waals surface area contributed by atoms with Gasteiger partial charge in [-0.3, -0.25) is 19.9 Å². The molecule has 8 heteroatoms. The highest BCUT2D eigenvalue weighted by Gasteiger charge is 2.36. The summed E-state index contributed by atoms with van der Waals surface area (Å²) in [5.74, 6) is -1.45. The number of methoxy groups -OCH3 is 1. The van der Waals surface area contributed by atoms with E-state index in [-0.39, 0.29) is 22.8 Å². The van der Waals surface area contributed by atoms with Crippen LogP contribution in [0.5, 0.6) is 11.5 Å². The van der Waals surface area contributed by atoms with Gasteiger partial charge in [0.2, 0.25) is 0 Å². The number of benzene rings is 1. The molecule has 2 N–H and O–H groups in total. The maximum atomic E-state index is 12.8. The molecular weight excluding hydrogens is 362 g/mol. The van der Waals surface area contributed by atoms with Gasteiger partial charge in [0.1, 0.15) is 5.57 Å². The zero-order valence-electron chi connectivity index (χ0n) is 15.0. The Hall–Kier alpha value is -3.94. The molecule has 2 aromatic rings. The number of nitrogens with one attached hydrogen (secondary N) is 1. The molecule has 4 amide bonds. The highest BCUT2D eigenvalue weighted by Crippen LogP contribution is 2.33. The van der Waals surface area contributed by atoms with Crippen LogP contribution in [0.3, 0.4) is 0 Å².